The Hall–Kier alpha value is -3.02. The third-order valence-corrected chi connectivity index (χ3v) is 4.37. The monoisotopic (exact) mass is 370 g/mol. The number of nitrogens with one attached hydrogen (secondary N) is 1. The molecule has 0 spiro atoms. The molecular formula is C21H26N2O4. The van der Waals surface area contributed by atoms with Gasteiger partial charge >= 0.3 is 0 Å². The van der Waals surface area contributed by atoms with Gasteiger partial charge < -0.3 is 19.7 Å². The fourth-order valence-corrected chi connectivity index (χ4v) is 2.90. The van der Waals surface area contributed by atoms with Crippen molar-refractivity contribution in [2.24, 2.45) is 0 Å². The summed E-state index contributed by atoms with van der Waals surface area (Å²) < 4.78 is 10.5. The molecule has 1 N–H and O–H groups in total. The lowest BCUT2D eigenvalue weighted by atomic mass is 10.1. The van der Waals surface area contributed by atoms with Crippen molar-refractivity contribution in [3.63, 3.8) is 0 Å². The molecule has 0 saturated heterocycles. The Bertz CT molecular complexity index is 833. The second-order valence-electron chi connectivity index (χ2n) is 6.16. The number of ether oxygens (including phenoxy) is 2. The molecule has 0 bridgehead atoms. The second kappa shape index (κ2) is 9.07. The first-order valence-electron chi connectivity index (χ1n) is 8.79. The van der Waals surface area contributed by atoms with Gasteiger partial charge in [-0.15, -0.1) is 0 Å². The Morgan fingerprint density at radius 1 is 1.07 bits per heavy atom. The molecule has 0 aromatic heterocycles. The number of carbonyl (C=O) groups excluding carboxylic acids is 2. The highest BCUT2D eigenvalue weighted by Crippen LogP contribution is 2.31. The number of benzene rings is 2. The number of anilines is 2. The number of para-hydroxylation sites is 1. The van der Waals surface area contributed by atoms with Crippen molar-refractivity contribution >= 4 is 23.2 Å². The molecular weight excluding hydrogens is 344 g/mol. The van der Waals surface area contributed by atoms with E-state index >= 15 is 0 Å². The van der Waals surface area contributed by atoms with Crippen molar-refractivity contribution in [2.45, 2.75) is 27.2 Å². The Kier molecular flexibility index (Phi) is 6.82. The highest BCUT2D eigenvalue weighted by Gasteiger charge is 2.19. The van der Waals surface area contributed by atoms with Crippen LogP contribution in [-0.2, 0) is 16.0 Å². The number of rotatable bonds is 7. The van der Waals surface area contributed by atoms with Gasteiger partial charge in [-0.1, -0.05) is 25.1 Å². The molecule has 144 valence electrons. The summed E-state index contributed by atoms with van der Waals surface area (Å²) in [6.45, 7) is 5.32. The topological polar surface area (TPSA) is 67.9 Å². The smallest absolute Gasteiger partial charge is 0.244 e. The number of aryl methyl sites for hydroxylation is 2. The van der Waals surface area contributed by atoms with Crippen molar-refractivity contribution < 1.29 is 19.1 Å². The average molecular weight is 370 g/mol. The molecule has 0 fully saturated rings. The van der Waals surface area contributed by atoms with Crippen LogP contribution in [0.2, 0.25) is 0 Å². The molecule has 2 rings (SSSR count). The van der Waals surface area contributed by atoms with Crippen molar-refractivity contribution in [1.82, 2.24) is 0 Å². The Morgan fingerprint density at radius 2 is 1.78 bits per heavy atom. The van der Waals surface area contributed by atoms with Gasteiger partial charge in [0.05, 0.1) is 14.2 Å². The lowest BCUT2D eigenvalue weighted by Crippen LogP contribution is -2.37. The molecule has 0 unspecified atom stereocenters. The fraction of sp³-hybridized carbons (Fsp3) is 0.333. The Balaban J connectivity index is 2.24. The van der Waals surface area contributed by atoms with Crippen LogP contribution >= 0.6 is 0 Å². The van der Waals surface area contributed by atoms with Gasteiger partial charge in [0.15, 0.2) is 11.5 Å². The van der Waals surface area contributed by atoms with Crippen LogP contribution in [-0.4, -0.2) is 32.6 Å². The van der Waals surface area contributed by atoms with E-state index in [0.717, 1.165) is 23.2 Å². The summed E-state index contributed by atoms with van der Waals surface area (Å²) in [6, 6.07) is 11.0. The van der Waals surface area contributed by atoms with Gasteiger partial charge in [-0.25, -0.2) is 0 Å². The first-order chi connectivity index (χ1) is 12.9. The molecule has 6 nitrogen and oxygen atoms in total. The van der Waals surface area contributed by atoms with Gasteiger partial charge in [0.1, 0.15) is 6.54 Å². The Labute approximate surface area is 160 Å². The SMILES string of the molecule is CCc1cccc(C)c1NC(=O)CN(C(C)=O)c1ccc(OC)c(OC)c1. The summed E-state index contributed by atoms with van der Waals surface area (Å²) in [7, 11) is 3.07. The van der Waals surface area contributed by atoms with Crippen LogP contribution in [0.5, 0.6) is 11.5 Å². The summed E-state index contributed by atoms with van der Waals surface area (Å²) >= 11 is 0. The van der Waals surface area contributed by atoms with E-state index in [4.69, 9.17) is 9.47 Å². The molecule has 0 saturated carbocycles. The Morgan fingerprint density at radius 3 is 2.37 bits per heavy atom. The van der Waals surface area contributed by atoms with Crippen molar-refractivity contribution in [1.29, 1.82) is 0 Å². The van der Waals surface area contributed by atoms with Gasteiger partial charge in [0.25, 0.3) is 0 Å². The van der Waals surface area contributed by atoms with Crippen LogP contribution in [0.1, 0.15) is 25.0 Å². The summed E-state index contributed by atoms with van der Waals surface area (Å²) in [4.78, 5) is 26.2. The van der Waals surface area contributed by atoms with Crippen LogP contribution in [0.25, 0.3) is 0 Å². The molecule has 2 aromatic carbocycles. The predicted molar refractivity (Wildman–Crippen MR) is 107 cm³/mol. The van der Waals surface area contributed by atoms with E-state index in [2.05, 4.69) is 5.32 Å². The summed E-state index contributed by atoms with van der Waals surface area (Å²) in [5.41, 5.74) is 3.42. The van der Waals surface area contributed by atoms with Crippen LogP contribution in [0.15, 0.2) is 36.4 Å². The van der Waals surface area contributed by atoms with Gasteiger partial charge in [0.2, 0.25) is 11.8 Å². The minimum atomic E-state index is -0.260. The molecule has 0 aliphatic rings. The van der Waals surface area contributed by atoms with Crippen LogP contribution in [0.4, 0.5) is 11.4 Å². The van der Waals surface area contributed by atoms with Crippen molar-refractivity contribution in [2.75, 3.05) is 31.0 Å². The van der Waals surface area contributed by atoms with Crippen LogP contribution in [0.3, 0.4) is 0 Å². The average Bonchev–Trinajstić information content (AvgIpc) is 2.66. The summed E-state index contributed by atoms with van der Waals surface area (Å²) in [6.07, 6.45) is 0.809. The maximum Gasteiger partial charge on any atom is 0.244 e. The third kappa shape index (κ3) is 4.78. The number of methoxy groups -OCH3 is 2. The normalized spacial score (nSPS) is 10.3. The van der Waals surface area contributed by atoms with Gasteiger partial charge in [0, 0.05) is 24.4 Å². The standard InChI is InChI=1S/C21H26N2O4/c1-6-16-9-7-8-14(2)21(16)22-20(25)13-23(15(3)24)17-10-11-18(26-4)19(12-17)27-5/h7-12H,6,13H2,1-5H3,(H,22,25). The molecule has 0 aliphatic heterocycles. The molecule has 6 heteroatoms. The van der Waals surface area contributed by atoms with E-state index in [1.165, 1.54) is 18.9 Å². The molecule has 0 heterocycles. The highest BCUT2D eigenvalue weighted by atomic mass is 16.5. The zero-order valence-electron chi connectivity index (χ0n) is 16.5. The zero-order chi connectivity index (χ0) is 20.0. The van der Waals surface area contributed by atoms with Gasteiger partial charge in [-0.05, 0) is 36.6 Å². The zero-order valence-corrected chi connectivity index (χ0v) is 16.5. The number of amides is 2. The minimum absolute atomic E-state index is 0.0949. The van der Waals surface area contributed by atoms with Crippen LogP contribution in [0, 0.1) is 6.92 Å². The number of carbonyl (C=O) groups is 2. The quantitative estimate of drug-likeness (QED) is 0.809. The number of hydrogen-bond donors (Lipinski definition) is 1. The largest absolute Gasteiger partial charge is 0.493 e. The van der Waals surface area contributed by atoms with Crippen LogP contribution < -0.4 is 19.7 Å². The first kappa shape index (κ1) is 20.3. The van der Waals surface area contributed by atoms with E-state index < -0.39 is 0 Å². The van der Waals surface area contributed by atoms with E-state index in [1.54, 1.807) is 25.3 Å². The van der Waals surface area contributed by atoms with Gasteiger partial charge in [-0.2, -0.15) is 0 Å². The predicted octanol–water partition coefficient (Wildman–Crippen LogP) is 3.57. The summed E-state index contributed by atoms with van der Waals surface area (Å²) in [5, 5.41) is 2.95. The van der Waals surface area contributed by atoms with Crippen molar-refractivity contribution in [3.8, 4) is 11.5 Å². The number of hydrogen-bond acceptors (Lipinski definition) is 4. The lowest BCUT2D eigenvalue weighted by Gasteiger charge is -2.22. The molecule has 27 heavy (non-hydrogen) atoms. The molecule has 2 amide bonds. The van der Waals surface area contributed by atoms with E-state index in [1.807, 2.05) is 32.0 Å². The van der Waals surface area contributed by atoms with E-state index in [-0.39, 0.29) is 18.4 Å². The van der Waals surface area contributed by atoms with Gasteiger partial charge in [-0.3, -0.25) is 9.59 Å². The third-order valence-electron chi connectivity index (χ3n) is 4.37. The first-order valence-corrected chi connectivity index (χ1v) is 8.79. The number of nitrogens with zero attached hydrogens (tertiary/aromatic N) is 1. The molecule has 0 aliphatic carbocycles. The maximum atomic E-state index is 12.6. The van der Waals surface area contributed by atoms with E-state index in [0.29, 0.717) is 17.2 Å². The van der Waals surface area contributed by atoms with E-state index in [9.17, 15) is 9.59 Å². The fourth-order valence-electron chi connectivity index (χ4n) is 2.90. The minimum Gasteiger partial charge on any atom is -0.493 e. The molecule has 2 aromatic rings. The lowest BCUT2D eigenvalue weighted by molar-refractivity contribution is -0.120. The second-order valence-corrected chi connectivity index (χ2v) is 6.16. The van der Waals surface area contributed by atoms with Crippen molar-refractivity contribution in [3.05, 3.63) is 47.5 Å². The summed E-state index contributed by atoms with van der Waals surface area (Å²) in [5.74, 6) is 0.553. The highest BCUT2D eigenvalue weighted by molar-refractivity contribution is 6.02. The maximum absolute atomic E-state index is 12.6. The molecule has 0 atom stereocenters. The molecule has 0 radical (unpaired) electrons.